The molecule has 4 rings (SSSR count). The van der Waals surface area contributed by atoms with Gasteiger partial charge in [0, 0.05) is 22.1 Å². The van der Waals surface area contributed by atoms with Crippen LogP contribution in [0.25, 0.3) is 10.8 Å². The number of carbonyl (C=O) groups is 1. The van der Waals surface area contributed by atoms with Gasteiger partial charge >= 0.3 is 0 Å². The summed E-state index contributed by atoms with van der Waals surface area (Å²) in [6, 6.07) is 19.1. The molecule has 1 aliphatic rings. The van der Waals surface area contributed by atoms with Crippen LogP contribution >= 0.6 is 0 Å². The molecule has 0 saturated carbocycles. The number of anilines is 3. The summed E-state index contributed by atoms with van der Waals surface area (Å²) < 4.78 is 0. The van der Waals surface area contributed by atoms with Crippen LogP contribution in [0.1, 0.15) is 10.4 Å². The SMILES string of the molecule is Nc1ccc2c3c(cccc13)C(=O)N2c1ccccc1. The van der Waals surface area contributed by atoms with Crippen molar-refractivity contribution in [3.63, 3.8) is 0 Å². The lowest BCUT2D eigenvalue weighted by molar-refractivity contribution is 0.100. The van der Waals surface area contributed by atoms with Crippen LogP contribution < -0.4 is 10.6 Å². The highest BCUT2D eigenvalue weighted by Crippen LogP contribution is 2.43. The first-order valence-corrected chi connectivity index (χ1v) is 6.48. The molecule has 3 aromatic rings. The van der Waals surface area contributed by atoms with E-state index >= 15 is 0 Å². The summed E-state index contributed by atoms with van der Waals surface area (Å²) in [5.74, 6) is 0.00222. The molecule has 3 heteroatoms. The second kappa shape index (κ2) is 3.84. The molecule has 0 atom stereocenters. The highest BCUT2D eigenvalue weighted by Gasteiger charge is 2.31. The highest BCUT2D eigenvalue weighted by molar-refractivity contribution is 6.29. The van der Waals surface area contributed by atoms with Crippen LogP contribution in [0.5, 0.6) is 0 Å². The molecule has 1 heterocycles. The van der Waals surface area contributed by atoms with Crippen LogP contribution in [-0.4, -0.2) is 5.91 Å². The second-order valence-electron chi connectivity index (χ2n) is 4.88. The normalized spacial score (nSPS) is 13.2. The highest BCUT2D eigenvalue weighted by atomic mass is 16.2. The number of amides is 1. The Kier molecular flexibility index (Phi) is 2.12. The predicted molar refractivity (Wildman–Crippen MR) is 81.3 cm³/mol. The van der Waals surface area contributed by atoms with Gasteiger partial charge in [-0.1, -0.05) is 30.3 Å². The molecular weight excluding hydrogens is 248 g/mol. The maximum atomic E-state index is 12.7. The molecule has 3 nitrogen and oxygen atoms in total. The molecule has 0 fully saturated rings. The van der Waals surface area contributed by atoms with E-state index in [0.29, 0.717) is 11.3 Å². The van der Waals surface area contributed by atoms with E-state index < -0.39 is 0 Å². The van der Waals surface area contributed by atoms with E-state index in [-0.39, 0.29) is 5.91 Å². The van der Waals surface area contributed by atoms with Crippen molar-refractivity contribution >= 4 is 33.7 Å². The zero-order valence-corrected chi connectivity index (χ0v) is 10.7. The van der Waals surface area contributed by atoms with Gasteiger partial charge in [0.15, 0.2) is 0 Å². The van der Waals surface area contributed by atoms with Gasteiger partial charge in [-0.2, -0.15) is 0 Å². The zero-order valence-electron chi connectivity index (χ0n) is 10.7. The molecule has 96 valence electrons. The largest absolute Gasteiger partial charge is 0.398 e. The van der Waals surface area contributed by atoms with Crippen molar-refractivity contribution in [1.29, 1.82) is 0 Å². The number of nitrogen functional groups attached to an aromatic ring is 1. The number of nitrogens with two attached hydrogens (primary N) is 1. The summed E-state index contributed by atoms with van der Waals surface area (Å²) >= 11 is 0. The molecule has 20 heavy (non-hydrogen) atoms. The molecule has 3 aromatic carbocycles. The maximum Gasteiger partial charge on any atom is 0.263 e. The summed E-state index contributed by atoms with van der Waals surface area (Å²) in [6.45, 7) is 0. The van der Waals surface area contributed by atoms with E-state index in [2.05, 4.69) is 0 Å². The van der Waals surface area contributed by atoms with E-state index in [1.165, 1.54) is 0 Å². The van der Waals surface area contributed by atoms with Crippen LogP contribution in [0, 0.1) is 0 Å². The van der Waals surface area contributed by atoms with Gasteiger partial charge in [-0.3, -0.25) is 9.69 Å². The summed E-state index contributed by atoms with van der Waals surface area (Å²) in [7, 11) is 0. The Labute approximate surface area is 116 Å². The lowest BCUT2D eigenvalue weighted by atomic mass is 10.0. The lowest BCUT2D eigenvalue weighted by Crippen LogP contribution is -2.20. The molecule has 0 unspecified atom stereocenters. The second-order valence-corrected chi connectivity index (χ2v) is 4.88. The molecule has 0 saturated heterocycles. The van der Waals surface area contributed by atoms with Crippen molar-refractivity contribution in [1.82, 2.24) is 0 Å². The number of hydrogen-bond acceptors (Lipinski definition) is 2. The average Bonchev–Trinajstić information content (AvgIpc) is 2.78. The first kappa shape index (κ1) is 11.1. The molecular formula is C17H12N2O. The summed E-state index contributed by atoms with van der Waals surface area (Å²) in [4.78, 5) is 14.4. The maximum absolute atomic E-state index is 12.7. The van der Waals surface area contributed by atoms with E-state index in [9.17, 15) is 4.79 Å². The number of hydrogen-bond donors (Lipinski definition) is 1. The van der Waals surface area contributed by atoms with Crippen molar-refractivity contribution in [3.05, 3.63) is 66.2 Å². The van der Waals surface area contributed by atoms with E-state index in [0.717, 1.165) is 22.1 Å². The van der Waals surface area contributed by atoms with Crippen molar-refractivity contribution in [2.24, 2.45) is 0 Å². The fourth-order valence-corrected chi connectivity index (χ4v) is 2.84. The van der Waals surface area contributed by atoms with Gasteiger partial charge < -0.3 is 5.73 Å². The van der Waals surface area contributed by atoms with Gasteiger partial charge in [-0.05, 0) is 30.3 Å². The minimum atomic E-state index is 0.00222. The topological polar surface area (TPSA) is 46.3 Å². The third kappa shape index (κ3) is 1.32. The molecule has 0 spiro atoms. The third-order valence-electron chi connectivity index (χ3n) is 3.74. The predicted octanol–water partition coefficient (Wildman–Crippen LogP) is 3.71. The minimum Gasteiger partial charge on any atom is -0.398 e. The van der Waals surface area contributed by atoms with Crippen LogP contribution in [0.4, 0.5) is 17.1 Å². The standard InChI is InChI=1S/C17H12N2O/c18-14-9-10-15-16-12(14)7-4-8-13(16)17(20)19(15)11-5-2-1-3-6-11/h1-10H,18H2. The number of benzene rings is 3. The van der Waals surface area contributed by atoms with Crippen molar-refractivity contribution < 1.29 is 4.79 Å². The van der Waals surface area contributed by atoms with E-state index in [1.54, 1.807) is 4.90 Å². The summed E-state index contributed by atoms with van der Waals surface area (Å²) in [5.41, 5.74) is 9.22. The number of rotatable bonds is 1. The number of para-hydroxylation sites is 1. The van der Waals surface area contributed by atoms with Gasteiger partial charge in [0.2, 0.25) is 0 Å². The van der Waals surface area contributed by atoms with Crippen LogP contribution in [-0.2, 0) is 0 Å². The molecule has 0 bridgehead atoms. The Morgan fingerprint density at radius 3 is 2.45 bits per heavy atom. The molecule has 0 aliphatic carbocycles. The zero-order chi connectivity index (χ0) is 13.7. The molecule has 1 aliphatic heterocycles. The molecule has 0 radical (unpaired) electrons. The average molecular weight is 260 g/mol. The Morgan fingerprint density at radius 1 is 0.850 bits per heavy atom. The molecule has 0 aromatic heterocycles. The first-order chi connectivity index (χ1) is 9.77. The molecule has 2 N–H and O–H groups in total. The van der Waals surface area contributed by atoms with Crippen molar-refractivity contribution in [3.8, 4) is 0 Å². The Balaban J connectivity index is 2.06. The van der Waals surface area contributed by atoms with Gasteiger partial charge in [-0.25, -0.2) is 0 Å². The fourth-order valence-electron chi connectivity index (χ4n) is 2.84. The number of carbonyl (C=O) groups excluding carboxylic acids is 1. The quantitative estimate of drug-likeness (QED) is 0.678. The van der Waals surface area contributed by atoms with E-state index in [1.807, 2.05) is 60.7 Å². The van der Waals surface area contributed by atoms with Crippen LogP contribution in [0.2, 0.25) is 0 Å². The Bertz CT molecular complexity index is 840. The van der Waals surface area contributed by atoms with Crippen LogP contribution in [0.15, 0.2) is 60.7 Å². The van der Waals surface area contributed by atoms with Gasteiger partial charge in [-0.15, -0.1) is 0 Å². The Hall–Kier alpha value is -2.81. The van der Waals surface area contributed by atoms with Crippen molar-refractivity contribution in [2.45, 2.75) is 0 Å². The third-order valence-corrected chi connectivity index (χ3v) is 3.74. The van der Waals surface area contributed by atoms with Gasteiger partial charge in [0.25, 0.3) is 5.91 Å². The van der Waals surface area contributed by atoms with Gasteiger partial charge in [0.05, 0.1) is 11.3 Å². The summed E-state index contributed by atoms with van der Waals surface area (Å²) in [5, 5.41) is 1.88. The van der Waals surface area contributed by atoms with Crippen LogP contribution in [0.3, 0.4) is 0 Å². The molecule has 1 amide bonds. The monoisotopic (exact) mass is 260 g/mol. The number of nitrogens with zero attached hydrogens (tertiary/aromatic N) is 1. The first-order valence-electron chi connectivity index (χ1n) is 6.48. The van der Waals surface area contributed by atoms with E-state index in [4.69, 9.17) is 5.73 Å². The summed E-state index contributed by atoms with van der Waals surface area (Å²) in [6.07, 6.45) is 0. The van der Waals surface area contributed by atoms with Gasteiger partial charge in [0.1, 0.15) is 0 Å². The smallest absolute Gasteiger partial charge is 0.263 e. The minimum absolute atomic E-state index is 0.00222. The van der Waals surface area contributed by atoms with Crippen molar-refractivity contribution in [2.75, 3.05) is 10.6 Å². The lowest BCUT2D eigenvalue weighted by Gasteiger charge is -2.17. The Morgan fingerprint density at radius 2 is 1.65 bits per heavy atom. The fraction of sp³-hybridized carbons (Fsp3) is 0.